The Kier molecular flexibility index (Phi) is 6.16. The van der Waals surface area contributed by atoms with Crippen molar-refractivity contribution in [2.45, 2.75) is 57.5 Å². The monoisotopic (exact) mass is 444 g/mol. The first-order valence-electron chi connectivity index (χ1n) is 10.9. The number of rotatable bonds is 4. The van der Waals surface area contributed by atoms with E-state index in [0.29, 0.717) is 16.6 Å². The molecule has 160 valence electrons. The summed E-state index contributed by atoms with van der Waals surface area (Å²) in [5, 5.41) is 1.05. The molecule has 0 spiro atoms. The lowest BCUT2D eigenvalue weighted by atomic mass is 9.71. The van der Waals surface area contributed by atoms with Crippen molar-refractivity contribution in [1.82, 2.24) is 4.90 Å². The second-order valence-electron chi connectivity index (χ2n) is 8.84. The predicted molar refractivity (Wildman–Crippen MR) is 126 cm³/mol. The van der Waals surface area contributed by atoms with Crippen LogP contribution in [-0.4, -0.2) is 36.4 Å². The van der Waals surface area contributed by atoms with Crippen LogP contribution in [0.3, 0.4) is 0 Å². The highest BCUT2D eigenvalue weighted by Gasteiger charge is 2.52. The molecule has 0 aliphatic carbocycles. The van der Waals surface area contributed by atoms with Crippen molar-refractivity contribution in [3.05, 3.63) is 63.6 Å². The van der Waals surface area contributed by atoms with Crippen molar-refractivity contribution in [2.24, 2.45) is 0 Å². The lowest BCUT2D eigenvalue weighted by molar-refractivity contribution is -0.124. The van der Waals surface area contributed by atoms with Crippen LogP contribution < -0.4 is 4.90 Å². The van der Waals surface area contributed by atoms with Gasteiger partial charge < -0.3 is 9.80 Å². The maximum absolute atomic E-state index is 13.6. The minimum absolute atomic E-state index is 0.130. The zero-order valence-corrected chi connectivity index (χ0v) is 19.5. The number of carbonyl (C=O) groups excluding carboxylic acids is 1. The van der Waals surface area contributed by atoms with E-state index in [1.165, 1.54) is 24.8 Å². The number of hydrogen-bond acceptors (Lipinski definition) is 3. The molecule has 30 heavy (non-hydrogen) atoms. The molecule has 3 atom stereocenters. The fourth-order valence-electron chi connectivity index (χ4n) is 5.40. The van der Waals surface area contributed by atoms with Gasteiger partial charge in [0.1, 0.15) is 5.54 Å². The Morgan fingerprint density at radius 2 is 1.73 bits per heavy atom. The van der Waals surface area contributed by atoms with Gasteiger partial charge in [0.2, 0.25) is 0 Å². The molecule has 1 fully saturated rings. The minimum Gasteiger partial charge on any atom is -0.351 e. The number of hydrogen-bond donors (Lipinski definition) is 0. The number of likely N-dealkylation sites (tertiary alicyclic amines) is 1. The van der Waals surface area contributed by atoms with E-state index in [2.05, 4.69) is 47.9 Å². The summed E-state index contributed by atoms with van der Waals surface area (Å²) < 4.78 is 0. The molecule has 2 aliphatic rings. The summed E-state index contributed by atoms with van der Waals surface area (Å²) in [6, 6.07) is 14.4. The Bertz CT molecular complexity index is 940. The van der Waals surface area contributed by atoms with E-state index in [1.54, 1.807) is 6.92 Å². The fourth-order valence-corrected chi connectivity index (χ4v) is 5.69. The number of fused-ring (bicyclic) bond motifs is 1. The zero-order valence-electron chi connectivity index (χ0n) is 18.0. The Hall–Kier alpha value is -1.55. The van der Waals surface area contributed by atoms with Gasteiger partial charge in [0.15, 0.2) is 5.78 Å². The highest BCUT2D eigenvalue weighted by Crippen LogP contribution is 2.48. The van der Waals surface area contributed by atoms with E-state index in [-0.39, 0.29) is 17.7 Å². The van der Waals surface area contributed by atoms with Crippen LogP contribution in [0.2, 0.25) is 10.0 Å². The molecule has 2 heterocycles. The van der Waals surface area contributed by atoms with Gasteiger partial charge >= 0.3 is 0 Å². The topological polar surface area (TPSA) is 23.6 Å². The fraction of sp³-hybridized carbons (Fsp3) is 0.480. The number of ketones is 1. The van der Waals surface area contributed by atoms with E-state index in [0.717, 1.165) is 24.3 Å². The van der Waals surface area contributed by atoms with E-state index in [9.17, 15) is 4.79 Å². The van der Waals surface area contributed by atoms with E-state index >= 15 is 0 Å². The molecule has 0 radical (unpaired) electrons. The van der Waals surface area contributed by atoms with Gasteiger partial charge in [-0.25, -0.2) is 0 Å². The molecular weight excluding hydrogens is 415 g/mol. The minimum atomic E-state index is -0.753. The van der Waals surface area contributed by atoms with Gasteiger partial charge in [-0.2, -0.15) is 0 Å². The summed E-state index contributed by atoms with van der Waals surface area (Å²) in [6.07, 6.45) is 3.65. The van der Waals surface area contributed by atoms with Crippen molar-refractivity contribution >= 4 is 34.7 Å². The average molecular weight is 445 g/mol. The molecule has 0 N–H and O–H groups in total. The third-order valence-electron chi connectivity index (χ3n) is 7.10. The van der Waals surface area contributed by atoms with Crippen molar-refractivity contribution in [3.63, 3.8) is 0 Å². The number of piperidine rings is 1. The van der Waals surface area contributed by atoms with Gasteiger partial charge in [-0.05, 0) is 69.1 Å². The number of halogens is 2. The van der Waals surface area contributed by atoms with Gasteiger partial charge in [0, 0.05) is 24.2 Å². The Labute approximate surface area is 190 Å². The number of benzene rings is 2. The first-order chi connectivity index (χ1) is 14.4. The quantitative estimate of drug-likeness (QED) is 0.554. The molecule has 3 nitrogen and oxygen atoms in total. The molecule has 4 rings (SSSR count). The lowest BCUT2D eigenvalue weighted by Crippen LogP contribution is -2.64. The molecule has 3 unspecified atom stereocenters. The molecule has 0 aromatic heterocycles. The van der Waals surface area contributed by atoms with Gasteiger partial charge in [0.25, 0.3) is 0 Å². The summed E-state index contributed by atoms with van der Waals surface area (Å²) >= 11 is 12.7. The van der Waals surface area contributed by atoms with Crippen LogP contribution in [-0.2, 0) is 10.3 Å². The summed E-state index contributed by atoms with van der Waals surface area (Å²) in [7, 11) is 0. The van der Waals surface area contributed by atoms with Crippen LogP contribution in [0.1, 0.15) is 57.1 Å². The lowest BCUT2D eigenvalue weighted by Gasteiger charge is -2.55. The van der Waals surface area contributed by atoms with E-state index in [4.69, 9.17) is 23.2 Å². The molecule has 2 aromatic carbocycles. The van der Waals surface area contributed by atoms with Crippen molar-refractivity contribution in [2.75, 3.05) is 24.5 Å². The van der Waals surface area contributed by atoms with Gasteiger partial charge in [-0.15, -0.1) is 0 Å². The van der Waals surface area contributed by atoms with Crippen LogP contribution >= 0.6 is 23.2 Å². The van der Waals surface area contributed by atoms with E-state index < -0.39 is 5.54 Å². The van der Waals surface area contributed by atoms with Gasteiger partial charge in [-0.1, -0.05) is 60.8 Å². The van der Waals surface area contributed by atoms with Crippen LogP contribution in [0.15, 0.2) is 42.5 Å². The summed E-state index contributed by atoms with van der Waals surface area (Å²) in [4.78, 5) is 18.4. The van der Waals surface area contributed by atoms with Crippen LogP contribution in [0.4, 0.5) is 5.69 Å². The van der Waals surface area contributed by atoms with Crippen LogP contribution in [0.25, 0.3) is 0 Å². The first-order valence-corrected chi connectivity index (χ1v) is 11.7. The number of anilines is 1. The number of nitrogens with zero attached hydrogens (tertiary/aromatic N) is 2. The maximum Gasteiger partial charge on any atom is 0.161 e. The third kappa shape index (κ3) is 3.55. The van der Waals surface area contributed by atoms with Crippen molar-refractivity contribution in [3.8, 4) is 0 Å². The van der Waals surface area contributed by atoms with E-state index in [1.807, 2.05) is 18.2 Å². The predicted octanol–water partition coefficient (Wildman–Crippen LogP) is 6.28. The second kappa shape index (κ2) is 8.53. The van der Waals surface area contributed by atoms with Crippen molar-refractivity contribution in [1.29, 1.82) is 0 Å². The second-order valence-corrected chi connectivity index (χ2v) is 9.65. The maximum atomic E-state index is 13.6. The third-order valence-corrected chi connectivity index (χ3v) is 7.84. The molecule has 2 aromatic rings. The summed E-state index contributed by atoms with van der Waals surface area (Å²) in [5.41, 5.74) is 2.59. The van der Waals surface area contributed by atoms with Gasteiger partial charge in [-0.3, -0.25) is 4.79 Å². The SMILES string of the molecule is CC(=O)C1(CN2CCCCC2)c2ccccc2C(C)C(C)N1c1ccc(Cl)c(Cl)c1. The van der Waals surface area contributed by atoms with Gasteiger partial charge in [0.05, 0.1) is 10.0 Å². The normalized spacial score (nSPS) is 27.0. The summed E-state index contributed by atoms with van der Waals surface area (Å²) in [5.74, 6) is 0.454. The molecular formula is C25H30Cl2N2O. The Balaban J connectivity index is 1.94. The molecule has 5 heteroatoms. The molecule has 0 bridgehead atoms. The molecule has 0 amide bonds. The van der Waals surface area contributed by atoms with Crippen LogP contribution in [0, 0.1) is 0 Å². The molecule has 1 saturated heterocycles. The Morgan fingerprint density at radius 1 is 1.03 bits per heavy atom. The highest BCUT2D eigenvalue weighted by molar-refractivity contribution is 6.42. The number of carbonyl (C=O) groups is 1. The standard InChI is InChI=1S/C25H30Cl2N2O/c1-17-18(2)29(20-11-12-23(26)24(27)15-20)25(19(3)30,16-28-13-7-4-8-14-28)22-10-6-5-9-21(17)22/h5-6,9-12,15,17-18H,4,7-8,13-14,16H2,1-3H3. The average Bonchev–Trinajstić information content (AvgIpc) is 2.75. The number of Topliss-reactive ketones (excluding diaryl/α,β-unsaturated/α-hetero) is 1. The molecule has 2 aliphatic heterocycles. The highest BCUT2D eigenvalue weighted by atomic mass is 35.5. The summed E-state index contributed by atoms with van der Waals surface area (Å²) in [6.45, 7) is 8.98. The van der Waals surface area contributed by atoms with Crippen molar-refractivity contribution < 1.29 is 4.79 Å². The first kappa shape index (κ1) is 21.7. The molecule has 0 saturated carbocycles. The zero-order chi connectivity index (χ0) is 21.5. The van der Waals surface area contributed by atoms with Crippen LogP contribution in [0.5, 0.6) is 0 Å². The Morgan fingerprint density at radius 3 is 2.40 bits per heavy atom. The smallest absolute Gasteiger partial charge is 0.161 e. The largest absolute Gasteiger partial charge is 0.351 e.